The van der Waals surface area contributed by atoms with Crippen molar-refractivity contribution in [2.45, 2.75) is 22.9 Å². The molecule has 0 aliphatic rings. The Balaban J connectivity index is 1.46. The van der Waals surface area contributed by atoms with Crippen molar-refractivity contribution in [1.29, 1.82) is 0 Å². The minimum absolute atomic E-state index is 0.0217. The first-order valence-corrected chi connectivity index (χ1v) is 11.5. The molecule has 0 saturated carbocycles. The fraction of sp³-hybridized carbons (Fsp3) is 0.158. The average molecular weight is 458 g/mol. The van der Waals surface area contributed by atoms with Gasteiger partial charge in [0.2, 0.25) is 11.0 Å². The summed E-state index contributed by atoms with van der Waals surface area (Å²) in [6.07, 6.45) is 0.628. The predicted octanol–water partition coefficient (Wildman–Crippen LogP) is 5.23. The number of aromatic nitrogens is 3. The standard InChI is InChI=1S/C19H15N5O3S3/c1-2-14(28-19-20-13-8-3-4-9-15(13)29-19)16(25)21-18-23-22-17(30-18)11-6-5-7-12(10-11)24(26)27/h3-10,14H,2H2,1H3,(H,21,23,25)/t14-/m0/s1. The molecule has 1 atom stereocenters. The normalized spacial score (nSPS) is 12.0. The van der Waals surface area contributed by atoms with Gasteiger partial charge >= 0.3 is 0 Å². The molecular formula is C19H15N5O3S3. The van der Waals surface area contributed by atoms with Crippen molar-refractivity contribution in [3.8, 4) is 10.6 Å². The summed E-state index contributed by atoms with van der Waals surface area (Å²) in [5.41, 5.74) is 1.48. The van der Waals surface area contributed by atoms with Gasteiger partial charge in [-0.2, -0.15) is 0 Å². The molecule has 0 saturated heterocycles. The number of amides is 1. The molecule has 2 heterocycles. The summed E-state index contributed by atoms with van der Waals surface area (Å²) in [5.74, 6) is -0.177. The number of non-ortho nitro benzene ring substituents is 1. The lowest BCUT2D eigenvalue weighted by Crippen LogP contribution is -2.24. The third-order valence-electron chi connectivity index (χ3n) is 4.14. The van der Waals surface area contributed by atoms with Crippen LogP contribution in [0.3, 0.4) is 0 Å². The van der Waals surface area contributed by atoms with Crippen molar-refractivity contribution in [3.05, 3.63) is 58.6 Å². The van der Waals surface area contributed by atoms with Crippen LogP contribution >= 0.6 is 34.4 Å². The van der Waals surface area contributed by atoms with Crippen molar-refractivity contribution in [3.63, 3.8) is 0 Å². The number of thioether (sulfide) groups is 1. The fourth-order valence-electron chi connectivity index (χ4n) is 2.67. The highest BCUT2D eigenvalue weighted by atomic mass is 32.2. The smallest absolute Gasteiger partial charge is 0.270 e. The van der Waals surface area contributed by atoms with E-state index in [9.17, 15) is 14.9 Å². The maximum absolute atomic E-state index is 12.7. The van der Waals surface area contributed by atoms with Gasteiger partial charge < -0.3 is 0 Å². The van der Waals surface area contributed by atoms with Crippen LogP contribution in [0.4, 0.5) is 10.8 Å². The van der Waals surface area contributed by atoms with Crippen LogP contribution in [-0.2, 0) is 4.79 Å². The Kier molecular flexibility index (Phi) is 6.02. The number of benzene rings is 2. The number of para-hydroxylation sites is 1. The van der Waals surface area contributed by atoms with E-state index in [-0.39, 0.29) is 16.8 Å². The summed E-state index contributed by atoms with van der Waals surface area (Å²) in [5, 5.41) is 22.4. The van der Waals surface area contributed by atoms with Crippen LogP contribution in [0.5, 0.6) is 0 Å². The van der Waals surface area contributed by atoms with E-state index in [0.717, 1.165) is 14.6 Å². The molecule has 152 valence electrons. The molecule has 30 heavy (non-hydrogen) atoms. The zero-order chi connectivity index (χ0) is 21.1. The molecule has 0 fully saturated rings. The van der Waals surface area contributed by atoms with Gasteiger partial charge in [0.15, 0.2) is 4.34 Å². The molecule has 8 nitrogen and oxygen atoms in total. The number of fused-ring (bicyclic) bond motifs is 1. The predicted molar refractivity (Wildman–Crippen MR) is 120 cm³/mol. The van der Waals surface area contributed by atoms with Gasteiger partial charge in [-0.1, -0.05) is 54.3 Å². The van der Waals surface area contributed by atoms with Crippen LogP contribution in [0.25, 0.3) is 20.8 Å². The third kappa shape index (κ3) is 4.48. The van der Waals surface area contributed by atoms with Crippen LogP contribution < -0.4 is 5.32 Å². The number of thiazole rings is 1. The number of carbonyl (C=O) groups is 1. The highest BCUT2D eigenvalue weighted by molar-refractivity contribution is 8.02. The number of nitro groups is 1. The number of nitrogens with one attached hydrogen (secondary N) is 1. The topological polar surface area (TPSA) is 111 Å². The molecule has 0 aliphatic carbocycles. The van der Waals surface area contributed by atoms with E-state index in [0.29, 0.717) is 22.1 Å². The van der Waals surface area contributed by atoms with Crippen molar-refractivity contribution in [2.75, 3.05) is 5.32 Å². The average Bonchev–Trinajstić information content (AvgIpc) is 3.38. The van der Waals surface area contributed by atoms with Gasteiger partial charge in [0.05, 0.1) is 20.4 Å². The maximum atomic E-state index is 12.7. The largest absolute Gasteiger partial charge is 0.300 e. The molecular weight excluding hydrogens is 442 g/mol. The highest BCUT2D eigenvalue weighted by Gasteiger charge is 2.22. The van der Waals surface area contributed by atoms with E-state index in [1.807, 2.05) is 31.2 Å². The number of carbonyl (C=O) groups excluding carboxylic acids is 1. The van der Waals surface area contributed by atoms with Crippen LogP contribution in [-0.4, -0.2) is 31.3 Å². The molecule has 2 aromatic heterocycles. The summed E-state index contributed by atoms with van der Waals surface area (Å²) in [7, 11) is 0. The highest BCUT2D eigenvalue weighted by Crippen LogP contribution is 2.34. The summed E-state index contributed by atoms with van der Waals surface area (Å²) >= 11 is 4.16. The second-order valence-corrected chi connectivity index (χ2v) is 9.63. The fourth-order valence-corrected chi connectivity index (χ4v) is 5.65. The van der Waals surface area contributed by atoms with E-state index in [1.54, 1.807) is 23.5 Å². The Bertz CT molecular complexity index is 1190. The summed E-state index contributed by atoms with van der Waals surface area (Å²) in [6.45, 7) is 1.94. The number of anilines is 1. The molecule has 0 aliphatic heterocycles. The van der Waals surface area contributed by atoms with Crippen LogP contribution in [0.15, 0.2) is 52.9 Å². The van der Waals surface area contributed by atoms with Gasteiger partial charge in [0, 0.05) is 17.7 Å². The molecule has 11 heteroatoms. The van der Waals surface area contributed by atoms with Crippen LogP contribution in [0.1, 0.15) is 13.3 Å². The van der Waals surface area contributed by atoms with Gasteiger partial charge in [-0.25, -0.2) is 4.98 Å². The lowest BCUT2D eigenvalue weighted by Gasteiger charge is -2.11. The molecule has 0 unspecified atom stereocenters. The first-order valence-electron chi connectivity index (χ1n) is 8.95. The first-order chi connectivity index (χ1) is 14.5. The quantitative estimate of drug-likeness (QED) is 0.230. The van der Waals surface area contributed by atoms with Crippen molar-refractivity contribution in [2.24, 2.45) is 0 Å². The Hall–Kier alpha value is -2.89. The summed E-state index contributed by atoms with van der Waals surface area (Å²) < 4.78 is 1.92. The molecule has 1 amide bonds. The number of hydrogen-bond acceptors (Lipinski definition) is 9. The molecule has 1 N–H and O–H groups in total. The van der Waals surface area contributed by atoms with Crippen LogP contribution in [0.2, 0.25) is 0 Å². The Morgan fingerprint density at radius 1 is 1.20 bits per heavy atom. The minimum atomic E-state index is -0.460. The zero-order valence-electron chi connectivity index (χ0n) is 15.6. The second kappa shape index (κ2) is 8.86. The molecule has 0 spiro atoms. The Labute approximate surface area is 183 Å². The molecule has 0 bridgehead atoms. The van der Waals surface area contributed by atoms with Gasteiger partial charge in [0.1, 0.15) is 5.01 Å². The second-order valence-electron chi connectivity index (χ2n) is 6.17. The van der Waals surface area contributed by atoms with Gasteiger partial charge in [-0.05, 0) is 18.6 Å². The molecule has 4 aromatic rings. The minimum Gasteiger partial charge on any atom is -0.300 e. The number of rotatable bonds is 7. The maximum Gasteiger partial charge on any atom is 0.270 e. The van der Waals surface area contributed by atoms with E-state index in [1.165, 1.54) is 35.2 Å². The number of nitro benzene ring substituents is 1. The first kappa shape index (κ1) is 20.4. The van der Waals surface area contributed by atoms with Gasteiger partial charge in [-0.15, -0.1) is 21.5 Å². The summed E-state index contributed by atoms with van der Waals surface area (Å²) in [4.78, 5) is 27.8. The Morgan fingerprint density at radius 2 is 2.03 bits per heavy atom. The summed E-state index contributed by atoms with van der Waals surface area (Å²) in [6, 6.07) is 14.0. The third-order valence-corrected chi connectivity index (χ3v) is 7.52. The molecule has 4 rings (SSSR count). The number of nitrogens with zero attached hydrogens (tertiary/aromatic N) is 4. The van der Waals surface area contributed by atoms with Crippen molar-refractivity contribution in [1.82, 2.24) is 15.2 Å². The molecule has 2 aromatic carbocycles. The lowest BCUT2D eigenvalue weighted by molar-refractivity contribution is -0.384. The van der Waals surface area contributed by atoms with E-state index < -0.39 is 4.92 Å². The molecule has 0 radical (unpaired) electrons. The monoisotopic (exact) mass is 457 g/mol. The lowest BCUT2D eigenvalue weighted by atomic mass is 10.2. The Morgan fingerprint density at radius 3 is 2.80 bits per heavy atom. The SMILES string of the molecule is CC[C@H](Sc1nc2ccccc2s1)C(=O)Nc1nnc(-c2cccc([N+](=O)[O-])c2)s1. The van der Waals surface area contributed by atoms with Gasteiger partial charge in [0.25, 0.3) is 5.69 Å². The van der Waals surface area contributed by atoms with E-state index >= 15 is 0 Å². The van der Waals surface area contributed by atoms with Crippen molar-refractivity contribution < 1.29 is 9.72 Å². The van der Waals surface area contributed by atoms with Crippen LogP contribution in [0, 0.1) is 10.1 Å². The van der Waals surface area contributed by atoms with Gasteiger partial charge in [-0.3, -0.25) is 20.2 Å². The van der Waals surface area contributed by atoms with Crippen molar-refractivity contribution >= 4 is 61.4 Å². The number of hydrogen-bond donors (Lipinski definition) is 1. The van der Waals surface area contributed by atoms with E-state index in [2.05, 4.69) is 20.5 Å². The van der Waals surface area contributed by atoms with E-state index in [4.69, 9.17) is 0 Å². The zero-order valence-corrected chi connectivity index (χ0v) is 18.1.